The van der Waals surface area contributed by atoms with Crippen LogP contribution >= 0.6 is 11.3 Å². The van der Waals surface area contributed by atoms with E-state index in [4.69, 9.17) is 0 Å². The van der Waals surface area contributed by atoms with Gasteiger partial charge in [-0.1, -0.05) is 30.3 Å². The Bertz CT molecular complexity index is 936. The summed E-state index contributed by atoms with van der Waals surface area (Å²) < 4.78 is 1.46. The Morgan fingerprint density at radius 1 is 1.25 bits per heavy atom. The minimum atomic E-state index is -0.406. The Morgan fingerprint density at radius 3 is 2.62 bits per heavy atom. The molecule has 0 saturated heterocycles. The monoisotopic (exact) mass is 341 g/mol. The lowest BCUT2D eigenvalue weighted by Gasteiger charge is -2.19. The molecule has 2 aromatic heterocycles. The molecule has 124 valence electrons. The topological polar surface area (TPSA) is 63.5 Å². The molecule has 5 nitrogen and oxygen atoms in total. The van der Waals surface area contributed by atoms with Crippen LogP contribution in [-0.4, -0.2) is 20.8 Å². The van der Waals surface area contributed by atoms with Crippen LogP contribution in [0.15, 0.2) is 47.5 Å². The van der Waals surface area contributed by atoms with Crippen LogP contribution in [0.2, 0.25) is 0 Å². The van der Waals surface area contributed by atoms with E-state index in [0.717, 1.165) is 11.3 Å². The molecule has 1 aromatic carbocycles. The van der Waals surface area contributed by atoms with Crippen LogP contribution in [-0.2, 0) is 6.42 Å². The molecule has 3 aromatic rings. The van der Waals surface area contributed by atoms with Crippen molar-refractivity contribution in [2.24, 2.45) is 0 Å². The predicted molar refractivity (Wildman–Crippen MR) is 95.8 cm³/mol. The number of carbonyl (C=O) groups is 1. The van der Waals surface area contributed by atoms with Crippen molar-refractivity contribution in [2.45, 2.75) is 32.7 Å². The van der Waals surface area contributed by atoms with Gasteiger partial charge in [0.15, 0.2) is 4.96 Å². The number of aromatic nitrogens is 2. The van der Waals surface area contributed by atoms with Crippen LogP contribution in [0.5, 0.6) is 0 Å². The van der Waals surface area contributed by atoms with Crippen LogP contribution in [0.1, 0.15) is 41.6 Å². The van der Waals surface area contributed by atoms with Crippen molar-refractivity contribution in [3.63, 3.8) is 0 Å². The zero-order valence-corrected chi connectivity index (χ0v) is 14.7. The molecule has 6 heteroatoms. The Kier molecular flexibility index (Phi) is 4.24. The van der Waals surface area contributed by atoms with Gasteiger partial charge in [-0.2, -0.15) is 0 Å². The maximum Gasteiger partial charge on any atom is 0.271 e. The highest BCUT2D eigenvalue weighted by Crippen LogP contribution is 2.18. The number of hydrogen-bond acceptors (Lipinski definition) is 4. The van der Waals surface area contributed by atoms with Crippen LogP contribution in [0, 0.1) is 0 Å². The van der Waals surface area contributed by atoms with Gasteiger partial charge in [0.25, 0.3) is 11.5 Å². The SMILES string of the molecule is CC(C)(C)NC(=O)c1cnc2sc(Cc3ccccc3)cn2c1=O. The molecule has 0 aliphatic rings. The lowest BCUT2D eigenvalue weighted by atomic mass is 10.1. The number of carbonyl (C=O) groups excluding carboxylic acids is 1. The van der Waals surface area contributed by atoms with Crippen molar-refractivity contribution in [3.05, 3.63) is 69.1 Å². The number of amides is 1. The van der Waals surface area contributed by atoms with E-state index in [2.05, 4.69) is 10.3 Å². The lowest BCUT2D eigenvalue weighted by Crippen LogP contribution is -2.43. The largest absolute Gasteiger partial charge is 0.347 e. The first kappa shape index (κ1) is 16.4. The van der Waals surface area contributed by atoms with Crippen molar-refractivity contribution in [2.75, 3.05) is 0 Å². The summed E-state index contributed by atoms with van der Waals surface area (Å²) in [5.41, 5.74) is 0.489. The zero-order valence-electron chi connectivity index (χ0n) is 13.9. The highest BCUT2D eigenvalue weighted by molar-refractivity contribution is 7.17. The summed E-state index contributed by atoms with van der Waals surface area (Å²) >= 11 is 1.46. The number of nitrogens with zero attached hydrogens (tertiary/aromatic N) is 2. The van der Waals surface area contributed by atoms with Gasteiger partial charge in [0.2, 0.25) is 0 Å². The molecular weight excluding hydrogens is 322 g/mol. The third-order valence-electron chi connectivity index (χ3n) is 3.41. The molecule has 1 N–H and O–H groups in total. The smallest absolute Gasteiger partial charge is 0.271 e. The molecular formula is C18H19N3O2S. The van der Waals surface area contributed by atoms with E-state index in [9.17, 15) is 9.59 Å². The first-order chi connectivity index (χ1) is 11.3. The Labute approximate surface area is 144 Å². The van der Waals surface area contributed by atoms with Crippen LogP contribution < -0.4 is 10.9 Å². The summed E-state index contributed by atoms with van der Waals surface area (Å²) in [6.07, 6.45) is 3.87. The molecule has 0 atom stereocenters. The summed E-state index contributed by atoms with van der Waals surface area (Å²) in [6, 6.07) is 10.0. The molecule has 0 unspecified atom stereocenters. The summed E-state index contributed by atoms with van der Waals surface area (Å²) in [7, 11) is 0. The lowest BCUT2D eigenvalue weighted by molar-refractivity contribution is 0.0917. The van der Waals surface area contributed by atoms with Gasteiger partial charge >= 0.3 is 0 Å². The Balaban J connectivity index is 1.95. The number of rotatable bonds is 3. The van der Waals surface area contributed by atoms with Gasteiger partial charge in [0.1, 0.15) is 5.56 Å². The Hall–Kier alpha value is -2.47. The first-order valence-electron chi connectivity index (χ1n) is 7.70. The first-order valence-corrected chi connectivity index (χ1v) is 8.52. The third kappa shape index (κ3) is 3.54. The second-order valence-corrected chi connectivity index (χ2v) is 7.79. The van der Waals surface area contributed by atoms with Crippen molar-refractivity contribution in [3.8, 4) is 0 Å². The second-order valence-electron chi connectivity index (χ2n) is 6.69. The van der Waals surface area contributed by atoms with Gasteiger partial charge in [0.05, 0.1) is 0 Å². The average Bonchev–Trinajstić information content (AvgIpc) is 2.90. The quantitative estimate of drug-likeness (QED) is 0.797. The fourth-order valence-corrected chi connectivity index (χ4v) is 3.34. The van der Waals surface area contributed by atoms with Gasteiger partial charge in [-0.25, -0.2) is 4.98 Å². The molecule has 0 saturated carbocycles. The van der Waals surface area contributed by atoms with E-state index < -0.39 is 11.4 Å². The fourth-order valence-electron chi connectivity index (χ4n) is 2.37. The van der Waals surface area contributed by atoms with E-state index in [0.29, 0.717) is 4.96 Å². The van der Waals surface area contributed by atoms with Gasteiger partial charge in [-0.15, -0.1) is 11.3 Å². The molecule has 0 spiro atoms. The van der Waals surface area contributed by atoms with E-state index in [1.165, 1.54) is 27.5 Å². The zero-order chi connectivity index (χ0) is 17.3. The van der Waals surface area contributed by atoms with Crippen molar-refractivity contribution in [1.82, 2.24) is 14.7 Å². The maximum atomic E-state index is 12.6. The maximum absolute atomic E-state index is 12.6. The molecule has 0 aliphatic carbocycles. The van der Waals surface area contributed by atoms with Gasteiger partial charge in [0, 0.05) is 29.2 Å². The summed E-state index contributed by atoms with van der Waals surface area (Å²) in [4.78, 5) is 30.8. The molecule has 0 aliphatic heterocycles. The average molecular weight is 341 g/mol. The number of hydrogen-bond donors (Lipinski definition) is 1. The van der Waals surface area contributed by atoms with Crippen LogP contribution in [0.25, 0.3) is 4.96 Å². The normalized spacial score (nSPS) is 11.6. The van der Waals surface area contributed by atoms with E-state index in [1.807, 2.05) is 51.1 Å². The molecule has 0 fully saturated rings. The summed E-state index contributed by atoms with van der Waals surface area (Å²) in [5, 5.41) is 2.80. The number of fused-ring (bicyclic) bond motifs is 1. The van der Waals surface area contributed by atoms with Gasteiger partial charge < -0.3 is 5.32 Å². The molecule has 24 heavy (non-hydrogen) atoms. The van der Waals surface area contributed by atoms with Gasteiger partial charge in [-0.05, 0) is 26.3 Å². The van der Waals surface area contributed by atoms with E-state index >= 15 is 0 Å². The second kappa shape index (κ2) is 6.20. The highest BCUT2D eigenvalue weighted by atomic mass is 32.1. The molecule has 3 rings (SSSR count). The Morgan fingerprint density at radius 2 is 1.96 bits per heavy atom. The minimum Gasteiger partial charge on any atom is -0.347 e. The molecule has 2 heterocycles. The van der Waals surface area contributed by atoms with E-state index in [1.54, 1.807) is 6.20 Å². The molecule has 1 amide bonds. The van der Waals surface area contributed by atoms with Crippen molar-refractivity contribution < 1.29 is 4.79 Å². The van der Waals surface area contributed by atoms with Gasteiger partial charge in [-0.3, -0.25) is 14.0 Å². The van der Waals surface area contributed by atoms with E-state index in [-0.39, 0.29) is 11.1 Å². The fraction of sp³-hybridized carbons (Fsp3) is 0.278. The summed E-state index contributed by atoms with van der Waals surface area (Å²) in [5.74, 6) is -0.398. The van der Waals surface area contributed by atoms with Crippen molar-refractivity contribution in [1.29, 1.82) is 0 Å². The third-order valence-corrected chi connectivity index (χ3v) is 4.41. The molecule has 0 radical (unpaired) electrons. The van der Waals surface area contributed by atoms with Crippen LogP contribution in [0.3, 0.4) is 0 Å². The predicted octanol–water partition coefficient (Wildman–Crippen LogP) is 2.88. The molecule has 0 bridgehead atoms. The highest BCUT2D eigenvalue weighted by Gasteiger charge is 2.19. The number of thiazole rings is 1. The number of nitrogens with one attached hydrogen (secondary N) is 1. The standard InChI is InChI=1S/C18H19N3O2S/c1-18(2,3)20-15(22)14-10-19-17-21(16(14)23)11-13(24-17)9-12-7-5-4-6-8-12/h4-8,10-11H,9H2,1-3H3,(H,20,22). The van der Waals surface area contributed by atoms with Crippen LogP contribution in [0.4, 0.5) is 0 Å². The summed E-state index contributed by atoms with van der Waals surface area (Å²) in [6.45, 7) is 5.62. The van der Waals surface area contributed by atoms with Crippen molar-refractivity contribution >= 4 is 22.2 Å². The number of benzene rings is 1. The minimum absolute atomic E-state index is 0.0616.